The van der Waals surface area contributed by atoms with E-state index in [0.29, 0.717) is 0 Å². The summed E-state index contributed by atoms with van der Waals surface area (Å²) in [4.78, 5) is 4.65. The number of nitrogens with one attached hydrogen (secondary N) is 2. The Kier molecular flexibility index (Phi) is 7.90. The van der Waals surface area contributed by atoms with Gasteiger partial charge in [0.25, 0.3) is 0 Å². The molecular weight excluding hydrogens is 288 g/mol. The highest BCUT2D eigenvalue weighted by Gasteiger charge is 2.13. The van der Waals surface area contributed by atoms with Gasteiger partial charge < -0.3 is 15.2 Å². The first-order valence-electron chi connectivity index (χ1n) is 9.28. The average Bonchev–Trinajstić information content (AvgIpc) is 2.79. The van der Waals surface area contributed by atoms with Crippen LogP contribution in [0.5, 0.6) is 0 Å². The van der Waals surface area contributed by atoms with Gasteiger partial charge in [-0.05, 0) is 32.6 Å². The summed E-state index contributed by atoms with van der Waals surface area (Å²) in [5, 5.41) is 15.4. The Balaban J connectivity index is 1.79. The summed E-state index contributed by atoms with van der Waals surface area (Å²) in [5.41, 5.74) is 0. The van der Waals surface area contributed by atoms with Crippen LogP contribution in [0.4, 0.5) is 0 Å². The van der Waals surface area contributed by atoms with Gasteiger partial charge in [-0.2, -0.15) is 0 Å². The molecule has 1 aliphatic rings. The predicted octanol–water partition coefficient (Wildman–Crippen LogP) is 2.29. The van der Waals surface area contributed by atoms with E-state index in [-0.39, 0.29) is 0 Å². The molecule has 1 aromatic heterocycles. The van der Waals surface area contributed by atoms with Gasteiger partial charge in [0, 0.05) is 39.0 Å². The molecule has 2 heterocycles. The first-order valence-corrected chi connectivity index (χ1v) is 9.28. The molecule has 0 amide bonds. The lowest BCUT2D eigenvalue weighted by Crippen LogP contribution is -2.37. The number of nitrogens with zero attached hydrogens (tertiary/aromatic N) is 4. The smallest absolute Gasteiger partial charge is 0.191 e. The third kappa shape index (κ3) is 5.84. The summed E-state index contributed by atoms with van der Waals surface area (Å²) in [7, 11) is 0. The van der Waals surface area contributed by atoms with Crippen molar-refractivity contribution in [3.05, 3.63) is 11.6 Å². The zero-order valence-electron chi connectivity index (χ0n) is 14.8. The van der Waals surface area contributed by atoms with Crippen LogP contribution in [0.25, 0.3) is 0 Å². The molecule has 130 valence electrons. The molecule has 6 nitrogen and oxygen atoms in total. The first kappa shape index (κ1) is 17.8. The number of aryl methyl sites for hydroxylation is 2. The van der Waals surface area contributed by atoms with E-state index in [2.05, 4.69) is 44.2 Å². The minimum absolute atomic E-state index is 0.823. The fourth-order valence-corrected chi connectivity index (χ4v) is 2.88. The minimum Gasteiger partial charge on any atom is -0.357 e. The van der Waals surface area contributed by atoms with Crippen molar-refractivity contribution in [1.82, 2.24) is 25.4 Å². The van der Waals surface area contributed by atoms with Gasteiger partial charge in [-0.15, -0.1) is 10.2 Å². The Bertz CT molecular complexity index is 479. The second kappa shape index (κ2) is 10.2. The summed E-state index contributed by atoms with van der Waals surface area (Å²) in [6.45, 7) is 8.09. The summed E-state index contributed by atoms with van der Waals surface area (Å²) in [6, 6.07) is 0. The average molecular weight is 320 g/mol. The van der Waals surface area contributed by atoms with Crippen LogP contribution in [0, 0.1) is 0 Å². The Morgan fingerprint density at radius 1 is 1.13 bits per heavy atom. The van der Waals surface area contributed by atoms with Crippen molar-refractivity contribution >= 4 is 5.96 Å². The lowest BCUT2D eigenvalue weighted by atomic mass is 10.2. The minimum atomic E-state index is 0.823. The standard InChI is InChI=1S/C17H32N6/c1-3-5-12-19-17(18-4-2)20-13-9-11-16-22-21-15-10-7-6-8-14-23(15)16/h3-14H2,1-2H3,(H2,18,19,20). The molecule has 0 bridgehead atoms. The SMILES string of the molecule is CCCCNC(=NCCCc1nnc2n1CCCCC2)NCC. The molecule has 23 heavy (non-hydrogen) atoms. The Labute approximate surface area is 140 Å². The van der Waals surface area contributed by atoms with Gasteiger partial charge >= 0.3 is 0 Å². The quantitative estimate of drug-likeness (QED) is 0.438. The van der Waals surface area contributed by atoms with E-state index >= 15 is 0 Å². The molecule has 0 atom stereocenters. The molecule has 0 unspecified atom stereocenters. The van der Waals surface area contributed by atoms with Crippen LogP contribution in [-0.4, -0.2) is 40.4 Å². The lowest BCUT2D eigenvalue weighted by molar-refractivity contribution is 0.597. The third-order valence-corrected chi connectivity index (χ3v) is 4.18. The maximum atomic E-state index is 4.65. The molecule has 0 aliphatic carbocycles. The van der Waals surface area contributed by atoms with Gasteiger partial charge in [0.05, 0.1) is 0 Å². The normalized spacial score (nSPS) is 15.1. The van der Waals surface area contributed by atoms with Gasteiger partial charge in [0.1, 0.15) is 11.6 Å². The van der Waals surface area contributed by atoms with Crippen molar-refractivity contribution in [1.29, 1.82) is 0 Å². The van der Waals surface area contributed by atoms with Crippen LogP contribution in [-0.2, 0) is 19.4 Å². The maximum Gasteiger partial charge on any atom is 0.191 e. The maximum absolute atomic E-state index is 4.65. The van der Waals surface area contributed by atoms with E-state index in [1.54, 1.807) is 0 Å². The van der Waals surface area contributed by atoms with Crippen molar-refractivity contribution in [2.75, 3.05) is 19.6 Å². The molecule has 6 heteroatoms. The number of rotatable bonds is 8. The van der Waals surface area contributed by atoms with Crippen molar-refractivity contribution in [2.45, 2.75) is 71.8 Å². The van der Waals surface area contributed by atoms with E-state index in [4.69, 9.17) is 0 Å². The van der Waals surface area contributed by atoms with Crippen molar-refractivity contribution in [3.8, 4) is 0 Å². The molecule has 0 aromatic carbocycles. The van der Waals surface area contributed by atoms with Crippen molar-refractivity contribution < 1.29 is 0 Å². The summed E-state index contributed by atoms with van der Waals surface area (Å²) in [5.74, 6) is 3.25. The van der Waals surface area contributed by atoms with E-state index in [9.17, 15) is 0 Å². The van der Waals surface area contributed by atoms with Crippen LogP contribution in [0.1, 0.15) is 64.0 Å². The van der Waals surface area contributed by atoms with E-state index in [1.165, 1.54) is 37.9 Å². The van der Waals surface area contributed by atoms with Crippen LogP contribution >= 0.6 is 0 Å². The molecule has 0 fully saturated rings. The van der Waals surface area contributed by atoms with Gasteiger partial charge in [-0.3, -0.25) is 4.99 Å². The molecule has 2 rings (SSSR count). The third-order valence-electron chi connectivity index (χ3n) is 4.18. The molecule has 0 spiro atoms. The van der Waals surface area contributed by atoms with Gasteiger partial charge in [-0.25, -0.2) is 0 Å². The van der Waals surface area contributed by atoms with Gasteiger partial charge in [-0.1, -0.05) is 19.8 Å². The molecule has 1 aliphatic heterocycles. The van der Waals surface area contributed by atoms with Gasteiger partial charge in [0.2, 0.25) is 0 Å². The van der Waals surface area contributed by atoms with Crippen LogP contribution in [0.2, 0.25) is 0 Å². The molecule has 0 saturated heterocycles. The Morgan fingerprint density at radius 2 is 2.04 bits per heavy atom. The van der Waals surface area contributed by atoms with E-state index < -0.39 is 0 Å². The number of fused-ring (bicyclic) bond motifs is 1. The molecular formula is C17H32N6. The zero-order chi connectivity index (χ0) is 16.3. The second-order valence-corrected chi connectivity index (χ2v) is 6.14. The lowest BCUT2D eigenvalue weighted by Gasteiger charge is -2.10. The molecule has 0 radical (unpaired) electrons. The molecule has 2 N–H and O–H groups in total. The molecule has 1 aromatic rings. The number of aliphatic imine (C=N–C) groups is 1. The highest BCUT2D eigenvalue weighted by Crippen LogP contribution is 2.15. The number of hydrogen-bond donors (Lipinski definition) is 2. The second-order valence-electron chi connectivity index (χ2n) is 6.14. The topological polar surface area (TPSA) is 67.1 Å². The predicted molar refractivity (Wildman–Crippen MR) is 94.8 cm³/mol. The fourth-order valence-electron chi connectivity index (χ4n) is 2.88. The number of aromatic nitrogens is 3. The first-order chi connectivity index (χ1) is 11.3. The van der Waals surface area contributed by atoms with Crippen LogP contribution < -0.4 is 10.6 Å². The zero-order valence-corrected chi connectivity index (χ0v) is 14.8. The largest absolute Gasteiger partial charge is 0.357 e. The number of unbranched alkanes of at least 4 members (excludes halogenated alkanes) is 1. The van der Waals surface area contributed by atoms with E-state index in [0.717, 1.165) is 57.2 Å². The Hall–Kier alpha value is -1.59. The highest BCUT2D eigenvalue weighted by molar-refractivity contribution is 5.79. The fraction of sp³-hybridized carbons (Fsp3) is 0.824. The monoisotopic (exact) mass is 320 g/mol. The van der Waals surface area contributed by atoms with Crippen molar-refractivity contribution in [3.63, 3.8) is 0 Å². The Morgan fingerprint density at radius 3 is 2.87 bits per heavy atom. The van der Waals surface area contributed by atoms with Gasteiger partial charge in [0.15, 0.2) is 5.96 Å². The van der Waals surface area contributed by atoms with Crippen LogP contribution in [0.15, 0.2) is 4.99 Å². The summed E-state index contributed by atoms with van der Waals surface area (Å²) in [6.07, 6.45) is 9.24. The number of guanidine groups is 1. The highest BCUT2D eigenvalue weighted by atomic mass is 15.3. The van der Waals surface area contributed by atoms with Crippen molar-refractivity contribution in [2.24, 2.45) is 4.99 Å². The number of hydrogen-bond acceptors (Lipinski definition) is 3. The summed E-state index contributed by atoms with van der Waals surface area (Å²) >= 11 is 0. The summed E-state index contributed by atoms with van der Waals surface area (Å²) < 4.78 is 2.33. The molecule has 0 saturated carbocycles. The van der Waals surface area contributed by atoms with E-state index in [1.807, 2.05) is 0 Å². The van der Waals surface area contributed by atoms with Crippen LogP contribution in [0.3, 0.4) is 0 Å².